The van der Waals surface area contributed by atoms with Gasteiger partial charge in [-0.3, -0.25) is 0 Å². The van der Waals surface area contributed by atoms with Crippen LogP contribution in [0.2, 0.25) is 0 Å². The molecule has 1 aromatic carbocycles. The van der Waals surface area contributed by atoms with Gasteiger partial charge in [-0.1, -0.05) is 6.92 Å². The molecule has 0 saturated heterocycles. The summed E-state index contributed by atoms with van der Waals surface area (Å²) < 4.78 is 11.8. The van der Waals surface area contributed by atoms with E-state index in [9.17, 15) is 4.79 Å². The lowest BCUT2D eigenvalue weighted by molar-refractivity contribution is -0.132. The van der Waals surface area contributed by atoms with Gasteiger partial charge in [0.15, 0.2) is 11.5 Å². The van der Waals surface area contributed by atoms with Crippen molar-refractivity contribution < 1.29 is 19.4 Å². The first-order valence-electron chi connectivity index (χ1n) is 6.47. The maximum absolute atomic E-state index is 10.9. The monoisotopic (exact) mass is 353 g/mol. The summed E-state index contributed by atoms with van der Waals surface area (Å²) in [5.74, 6) is -0.183. The van der Waals surface area contributed by atoms with Crippen LogP contribution in [0.15, 0.2) is 22.2 Å². The zero-order valence-electron chi connectivity index (χ0n) is 11.9. The molecule has 0 amide bonds. The van der Waals surface area contributed by atoms with Crippen molar-refractivity contribution >= 4 is 28.0 Å². The van der Waals surface area contributed by atoms with Crippen LogP contribution in [0.5, 0.6) is 11.5 Å². The fourth-order valence-corrected chi connectivity index (χ4v) is 2.16. The van der Waals surface area contributed by atoms with Crippen molar-refractivity contribution in [3.05, 3.63) is 27.7 Å². The predicted molar refractivity (Wildman–Crippen MR) is 82.3 cm³/mol. The number of nitriles is 1. The number of hydrogen-bond donors (Lipinski definition) is 1. The molecule has 6 heteroatoms. The third-order valence-electron chi connectivity index (χ3n) is 2.44. The third-order valence-corrected chi connectivity index (χ3v) is 3.03. The number of halogens is 1. The lowest BCUT2D eigenvalue weighted by atomic mass is 10.1. The number of carboxylic acids is 1. The molecule has 0 saturated carbocycles. The first-order chi connectivity index (χ1) is 10.0. The number of carbonyl (C=O) groups is 1. The van der Waals surface area contributed by atoms with E-state index in [1.807, 2.05) is 13.8 Å². The Bertz CT molecular complexity index is 590. The first kappa shape index (κ1) is 17.1. The van der Waals surface area contributed by atoms with Gasteiger partial charge in [0.1, 0.15) is 11.6 Å². The molecular formula is C15H16BrNO4. The van der Waals surface area contributed by atoms with Gasteiger partial charge in [-0.05, 0) is 53.0 Å². The Morgan fingerprint density at radius 3 is 2.67 bits per heavy atom. The van der Waals surface area contributed by atoms with E-state index in [-0.39, 0.29) is 5.57 Å². The first-order valence-corrected chi connectivity index (χ1v) is 7.27. The molecule has 1 N–H and O–H groups in total. The van der Waals surface area contributed by atoms with Crippen molar-refractivity contribution in [3.63, 3.8) is 0 Å². The fraction of sp³-hybridized carbons (Fsp3) is 0.333. The molecule has 0 unspecified atom stereocenters. The topological polar surface area (TPSA) is 79.5 Å². The SMILES string of the molecule is CCCOc1c(Br)cc(/C=C(\C#N)C(=O)O)cc1OCC. The number of carboxylic acid groups (broad SMARTS) is 1. The minimum atomic E-state index is -1.27. The number of ether oxygens (including phenoxy) is 2. The molecule has 5 nitrogen and oxygen atoms in total. The maximum atomic E-state index is 10.9. The average Bonchev–Trinajstić information content (AvgIpc) is 2.44. The fourth-order valence-electron chi connectivity index (χ4n) is 1.59. The molecule has 0 aromatic heterocycles. The van der Waals surface area contributed by atoms with Crippen molar-refractivity contribution in [2.24, 2.45) is 0 Å². The molecule has 0 heterocycles. The van der Waals surface area contributed by atoms with Gasteiger partial charge in [-0.25, -0.2) is 4.79 Å². The van der Waals surface area contributed by atoms with Crippen molar-refractivity contribution in [2.75, 3.05) is 13.2 Å². The van der Waals surface area contributed by atoms with Crippen LogP contribution in [0, 0.1) is 11.3 Å². The van der Waals surface area contributed by atoms with Crippen molar-refractivity contribution in [1.29, 1.82) is 5.26 Å². The molecule has 0 bridgehead atoms. The summed E-state index contributed by atoms with van der Waals surface area (Å²) in [7, 11) is 0. The van der Waals surface area contributed by atoms with Crippen LogP contribution in [0.25, 0.3) is 6.08 Å². The Morgan fingerprint density at radius 2 is 2.14 bits per heavy atom. The van der Waals surface area contributed by atoms with Crippen LogP contribution in [0.1, 0.15) is 25.8 Å². The minimum absolute atomic E-state index is 0.341. The Balaban J connectivity index is 3.26. The van der Waals surface area contributed by atoms with Gasteiger partial charge >= 0.3 is 5.97 Å². The Morgan fingerprint density at radius 1 is 1.43 bits per heavy atom. The van der Waals surface area contributed by atoms with Crippen molar-refractivity contribution in [2.45, 2.75) is 20.3 Å². The number of rotatable bonds is 7. The van der Waals surface area contributed by atoms with Gasteiger partial charge in [-0.15, -0.1) is 0 Å². The van der Waals surface area contributed by atoms with E-state index in [2.05, 4.69) is 15.9 Å². The van der Waals surface area contributed by atoms with Gasteiger partial charge < -0.3 is 14.6 Å². The number of aliphatic carboxylic acids is 1. The average molecular weight is 354 g/mol. The molecule has 0 aliphatic rings. The molecule has 0 aliphatic heterocycles. The van der Waals surface area contributed by atoms with Gasteiger partial charge in [0, 0.05) is 0 Å². The highest BCUT2D eigenvalue weighted by Crippen LogP contribution is 2.37. The van der Waals surface area contributed by atoms with Crippen LogP contribution in [-0.2, 0) is 4.79 Å². The normalized spacial score (nSPS) is 10.9. The summed E-state index contributed by atoms with van der Waals surface area (Å²) in [6, 6.07) is 4.98. The van der Waals surface area contributed by atoms with Crippen LogP contribution in [0.4, 0.5) is 0 Å². The summed E-state index contributed by atoms with van der Waals surface area (Å²) in [4.78, 5) is 10.9. The standard InChI is InChI=1S/C15H16BrNO4/c1-3-5-21-14-12(16)7-10(8-13(14)20-4-2)6-11(9-17)15(18)19/h6-8H,3-5H2,1-2H3,(H,18,19)/b11-6+. The molecule has 0 fully saturated rings. The second kappa shape index (κ2) is 8.32. The molecule has 1 aromatic rings. The van der Waals surface area contributed by atoms with Crippen molar-refractivity contribution in [1.82, 2.24) is 0 Å². The van der Waals surface area contributed by atoms with Crippen LogP contribution in [-0.4, -0.2) is 24.3 Å². The van der Waals surface area contributed by atoms with Crippen LogP contribution < -0.4 is 9.47 Å². The van der Waals surface area contributed by atoms with Crippen molar-refractivity contribution in [3.8, 4) is 17.6 Å². The lowest BCUT2D eigenvalue weighted by Gasteiger charge is -2.14. The smallest absolute Gasteiger partial charge is 0.346 e. The van der Waals surface area contributed by atoms with E-state index < -0.39 is 5.97 Å². The molecule has 1 rings (SSSR count). The summed E-state index contributed by atoms with van der Waals surface area (Å²) in [6.07, 6.45) is 2.15. The number of hydrogen-bond acceptors (Lipinski definition) is 4. The van der Waals surface area contributed by atoms with E-state index in [1.54, 1.807) is 18.2 Å². The highest BCUT2D eigenvalue weighted by Gasteiger charge is 2.13. The molecule has 0 atom stereocenters. The maximum Gasteiger partial charge on any atom is 0.346 e. The number of benzene rings is 1. The predicted octanol–water partition coefficient (Wildman–Crippen LogP) is 3.63. The highest BCUT2D eigenvalue weighted by atomic mass is 79.9. The van der Waals surface area contributed by atoms with E-state index in [0.717, 1.165) is 6.42 Å². The molecular weight excluding hydrogens is 338 g/mol. The highest BCUT2D eigenvalue weighted by molar-refractivity contribution is 9.10. The summed E-state index contributed by atoms with van der Waals surface area (Å²) in [5.41, 5.74) is 0.208. The van der Waals surface area contributed by atoms with E-state index in [4.69, 9.17) is 19.8 Å². The largest absolute Gasteiger partial charge is 0.490 e. The van der Waals surface area contributed by atoms with E-state index in [0.29, 0.717) is 34.7 Å². The van der Waals surface area contributed by atoms with Crippen LogP contribution >= 0.6 is 15.9 Å². The Kier molecular flexibility index (Phi) is 6.76. The van der Waals surface area contributed by atoms with Gasteiger partial charge in [0.05, 0.1) is 17.7 Å². The summed E-state index contributed by atoms with van der Waals surface area (Å²) >= 11 is 3.38. The minimum Gasteiger partial charge on any atom is -0.490 e. The third kappa shape index (κ3) is 4.80. The molecule has 0 radical (unpaired) electrons. The van der Waals surface area contributed by atoms with Crippen LogP contribution in [0.3, 0.4) is 0 Å². The zero-order valence-corrected chi connectivity index (χ0v) is 13.4. The van der Waals surface area contributed by atoms with Gasteiger partial charge in [0.2, 0.25) is 0 Å². The molecule has 21 heavy (non-hydrogen) atoms. The molecule has 112 valence electrons. The van der Waals surface area contributed by atoms with E-state index >= 15 is 0 Å². The second-order valence-electron chi connectivity index (χ2n) is 4.09. The zero-order chi connectivity index (χ0) is 15.8. The Labute approximate surface area is 131 Å². The van der Waals surface area contributed by atoms with Gasteiger partial charge in [0.25, 0.3) is 0 Å². The molecule has 0 spiro atoms. The van der Waals surface area contributed by atoms with E-state index in [1.165, 1.54) is 6.08 Å². The number of nitrogens with zero attached hydrogens (tertiary/aromatic N) is 1. The lowest BCUT2D eigenvalue weighted by Crippen LogP contribution is -2.02. The Hall–Kier alpha value is -2.00. The molecule has 0 aliphatic carbocycles. The summed E-state index contributed by atoms with van der Waals surface area (Å²) in [6.45, 7) is 4.84. The quantitative estimate of drug-likeness (QED) is 0.598. The van der Waals surface area contributed by atoms with Gasteiger partial charge in [-0.2, -0.15) is 5.26 Å². The summed E-state index contributed by atoms with van der Waals surface area (Å²) in [5, 5.41) is 17.7. The second-order valence-corrected chi connectivity index (χ2v) is 4.94.